The summed E-state index contributed by atoms with van der Waals surface area (Å²) in [4.78, 5) is 22.9. The Morgan fingerprint density at radius 1 is 1.39 bits per heavy atom. The fourth-order valence-corrected chi connectivity index (χ4v) is 1.98. The summed E-state index contributed by atoms with van der Waals surface area (Å²) < 4.78 is 0. The molecule has 1 aliphatic rings. The third-order valence-corrected chi connectivity index (χ3v) is 3.55. The maximum absolute atomic E-state index is 11.7. The molecule has 2 atom stereocenters. The topological polar surface area (TPSA) is 104 Å². The minimum absolute atomic E-state index is 0.0118. The molecule has 0 heterocycles. The van der Waals surface area contributed by atoms with E-state index in [1.165, 1.54) is 0 Å². The van der Waals surface area contributed by atoms with Crippen molar-refractivity contribution in [3.05, 3.63) is 0 Å². The van der Waals surface area contributed by atoms with Gasteiger partial charge >= 0.3 is 0 Å². The van der Waals surface area contributed by atoms with Gasteiger partial charge < -0.3 is 10.4 Å². The molecule has 0 aliphatic heterocycles. The van der Waals surface area contributed by atoms with Gasteiger partial charge in [-0.15, -0.1) is 0 Å². The smallest absolute Gasteiger partial charge is 0.239 e. The molecule has 0 spiro atoms. The van der Waals surface area contributed by atoms with Crippen LogP contribution >= 0.6 is 0 Å². The highest BCUT2D eigenvalue weighted by Gasteiger charge is 2.26. The number of nitrogens with two attached hydrogens (primary N) is 1. The number of hydrogen-bond donors (Lipinski definition) is 4. The SMILES string of the molecule is CC(CCC(CO)C(=O)NN)NC(=O)C1CCC1. The van der Waals surface area contributed by atoms with E-state index in [4.69, 9.17) is 10.9 Å². The van der Waals surface area contributed by atoms with Crippen molar-refractivity contribution >= 4 is 11.8 Å². The molecule has 18 heavy (non-hydrogen) atoms. The first kappa shape index (κ1) is 14.9. The summed E-state index contributed by atoms with van der Waals surface area (Å²) in [6.45, 7) is 1.68. The maximum Gasteiger partial charge on any atom is 0.239 e. The second-order valence-corrected chi connectivity index (χ2v) is 5.00. The number of carbonyl (C=O) groups excluding carboxylic acids is 2. The van der Waals surface area contributed by atoms with Gasteiger partial charge in [0.25, 0.3) is 0 Å². The summed E-state index contributed by atoms with van der Waals surface area (Å²) in [5.74, 6) is 4.44. The van der Waals surface area contributed by atoms with Crippen LogP contribution in [0.3, 0.4) is 0 Å². The van der Waals surface area contributed by atoms with Crippen LogP contribution in [0.15, 0.2) is 0 Å². The van der Waals surface area contributed by atoms with Crippen LogP contribution in [0.1, 0.15) is 39.0 Å². The minimum Gasteiger partial charge on any atom is -0.396 e. The summed E-state index contributed by atoms with van der Waals surface area (Å²) >= 11 is 0. The van der Waals surface area contributed by atoms with Gasteiger partial charge in [0.05, 0.1) is 12.5 Å². The van der Waals surface area contributed by atoms with E-state index in [0.29, 0.717) is 12.8 Å². The molecule has 0 aromatic heterocycles. The largest absolute Gasteiger partial charge is 0.396 e. The summed E-state index contributed by atoms with van der Waals surface area (Å²) in [5.41, 5.74) is 2.03. The van der Waals surface area contributed by atoms with E-state index in [2.05, 4.69) is 5.32 Å². The first-order valence-corrected chi connectivity index (χ1v) is 6.50. The molecule has 0 aromatic carbocycles. The van der Waals surface area contributed by atoms with Crippen molar-refractivity contribution in [1.29, 1.82) is 0 Å². The number of carbonyl (C=O) groups is 2. The van der Waals surface area contributed by atoms with Crippen molar-refractivity contribution in [3.63, 3.8) is 0 Å². The molecular weight excluding hydrogens is 234 g/mol. The molecule has 1 saturated carbocycles. The number of aliphatic hydroxyl groups excluding tert-OH is 1. The Kier molecular flexibility index (Phi) is 6.07. The van der Waals surface area contributed by atoms with Crippen LogP contribution in [0.4, 0.5) is 0 Å². The van der Waals surface area contributed by atoms with Crippen molar-refractivity contribution in [3.8, 4) is 0 Å². The highest BCUT2D eigenvalue weighted by molar-refractivity contribution is 5.79. The standard InChI is InChI=1S/C12H23N3O3/c1-8(14-11(17)9-3-2-4-9)5-6-10(7-16)12(18)15-13/h8-10,16H,2-7,13H2,1H3,(H,14,17)(H,15,18). The Hall–Kier alpha value is -1.14. The van der Waals surface area contributed by atoms with Crippen molar-refractivity contribution in [2.24, 2.45) is 17.7 Å². The average Bonchev–Trinajstić information content (AvgIpc) is 2.26. The minimum atomic E-state index is -0.502. The van der Waals surface area contributed by atoms with Crippen LogP contribution in [-0.4, -0.2) is 29.6 Å². The highest BCUT2D eigenvalue weighted by Crippen LogP contribution is 2.26. The molecule has 1 fully saturated rings. The molecule has 6 heteroatoms. The van der Waals surface area contributed by atoms with Crippen LogP contribution in [0.25, 0.3) is 0 Å². The number of hydrogen-bond acceptors (Lipinski definition) is 4. The molecule has 6 nitrogen and oxygen atoms in total. The molecular formula is C12H23N3O3. The third-order valence-electron chi connectivity index (χ3n) is 3.55. The fraction of sp³-hybridized carbons (Fsp3) is 0.833. The van der Waals surface area contributed by atoms with E-state index < -0.39 is 5.92 Å². The number of aliphatic hydroxyl groups is 1. The van der Waals surface area contributed by atoms with E-state index in [0.717, 1.165) is 19.3 Å². The molecule has 2 amide bonds. The quantitative estimate of drug-likeness (QED) is 0.285. The first-order chi connectivity index (χ1) is 8.58. The highest BCUT2D eigenvalue weighted by atomic mass is 16.3. The lowest BCUT2D eigenvalue weighted by atomic mass is 9.84. The van der Waals surface area contributed by atoms with Crippen LogP contribution < -0.4 is 16.6 Å². The predicted octanol–water partition coefficient (Wildman–Crippen LogP) is -0.330. The van der Waals surface area contributed by atoms with E-state index in [1.807, 2.05) is 12.3 Å². The second-order valence-electron chi connectivity index (χ2n) is 5.00. The first-order valence-electron chi connectivity index (χ1n) is 6.50. The molecule has 0 radical (unpaired) electrons. The Bertz CT molecular complexity index is 292. The Morgan fingerprint density at radius 3 is 2.50 bits per heavy atom. The zero-order chi connectivity index (χ0) is 13.5. The van der Waals surface area contributed by atoms with Crippen molar-refractivity contribution in [1.82, 2.24) is 10.7 Å². The van der Waals surface area contributed by atoms with E-state index in [-0.39, 0.29) is 30.4 Å². The summed E-state index contributed by atoms with van der Waals surface area (Å²) in [6, 6.07) is 0.0118. The molecule has 104 valence electrons. The number of hydrazine groups is 1. The molecule has 0 bridgehead atoms. The van der Waals surface area contributed by atoms with Gasteiger partial charge in [0, 0.05) is 12.0 Å². The van der Waals surface area contributed by atoms with Gasteiger partial charge in [-0.25, -0.2) is 5.84 Å². The Labute approximate surface area is 107 Å². The van der Waals surface area contributed by atoms with Gasteiger partial charge in [0.1, 0.15) is 0 Å². The lowest BCUT2D eigenvalue weighted by molar-refractivity contribution is -0.128. The van der Waals surface area contributed by atoms with Gasteiger partial charge in [0.15, 0.2) is 0 Å². The Morgan fingerprint density at radius 2 is 2.06 bits per heavy atom. The zero-order valence-corrected chi connectivity index (χ0v) is 10.8. The number of rotatable bonds is 7. The lowest BCUT2D eigenvalue weighted by Crippen LogP contribution is -2.41. The summed E-state index contributed by atoms with van der Waals surface area (Å²) in [6.07, 6.45) is 4.25. The van der Waals surface area contributed by atoms with Crippen molar-refractivity contribution in [2.45, 2.75) is 45.1 Å². The molecule has 5 N–H and O–H groups in total. The van der Waals surface area contributed by atoms with Crippen LogP contribution in [0.2, 0.25) is 0 Å². The summed E-state index contributed by atoms with van der Waals surface area (Å²) in [5, 5.41) is 12.0. The zero-order valence-electron chi connectivity index (χ0n) is 10.8. The second kappa shape index (κ2) is 7.33. The molecule has 1 aliphatic carbocycles. The summed E-state index contributed by atoms with van der Waals surface area (Å²) in [7, 11) is 0. The van der Waals surface area contributed by atoms with Gasteiger partial charge in [0.2, 0.25) is 11.8 Å². The van der Waals surface area contributed by atoms with E-state index in [9.17, 15) is 9.59 Å². The van der Waals surface area contributed by atoms with Gasteiger partial charge in [-0.1, -0.05) is 6.42 Å². The molecule has 1 rings (SSSR count). The lowest BCUT2D eigenvalue weighted by Gasteiger charge is -2.26. The Balaban J connectivity index is 2.24. The monoisotopic (exact) mass is 257 g/mol. The van der Waals surface area contributed by atoms with Crippen LogP contribution in [-0.2, 0) is 9.59 Å². The number of nitrogens with one attached hydrogen (secondary N) is 2. The van der Waals surface area contributed by atoms with Gasteiger partial charge in [-0.3, -0.25) is 15.0 Å². The van der Waals surface area contributed by atoms with Crippen molar-refractivity contribution < 1.29 is 14.7 Å². The molecule has 2 unspecified atom stereocenters. The average molecular weight is 257 g/mol. The van der Waals surface area contributed by atoms with E-state index >= 15 is 0 Å². The van der Waals surface area contributed by atoms with Gasteiger partial charge in [-0.05, 0) is 32.6 Å². The van der Waals surface area contributed by atoms with Crippen LogP contribution in [0.5, 0.6) is 0 Å². The van der Waals surface area contributed by atoms with Crippen LogP contribution in [0, 0.1) is 11.8 Å². The molecule has 0 aromatic rings. The third kappa shape index (κ3) is 4.27. The van der Waals surface area contributed by atoms with Gasteiger partial charge in [-0.2, -0.15) is 0 Å². The predicted molar refractivity (Wildman–Crippen MR) is 67.1 cm³/mol. The normalized spacial score (nSPS) is 18.6. The molecule has 0 saturated heterocycles. The van der Waals surface area contributed by atoms with E-state index in [1.54, 1.807) is 0 Å². The maximum atomic E-state index is 11.7. The number of amides is 2. The fourth-order valence-electron chi connectivity index (χ4n) is 1.98. The van der Waals surface area contributed by atoms with Crippen molar-refractivity contribution in [2.75, 3.05) is 6.61 Å².